The molecule has 0 spiro atoms. The molecule has 0 aliphatic carbocycles. The molecule has 2 rings (SSSR count). The average molecular weight is 248 g/mol. The third-order valence-corrected chi connectivity index (χ3v) is 2.86. The van der Waals surface area contributed by atoms with Crippen LogP contribution in [0.25, 0.3) is 11.0 Å². The first-order valence-corrected chi connectivity index (χ1v) is 5.86. The number of para-hydroxylation sites is 1. The van der Waals surface area contributed by atoms with Crippen molar-refractivity contribution >= 4 is 16.9 Å². The van der Waals surface area contributed by atoms with E-state index < -0.39 is 0 Å². The lowest BCUT2D eigenvalue weighted by molar-refractivity contribution is -0.145. The molecule has 18 heavy (non-hydrogen) atoms. The molecule has 1 unspecified atom stereocenters. The number of aryl methyl sites for hydroxylation is 1. The minimum Gasteiger partial charge on any atom is -0.504 e. The van der Waals surface area contributed by atoms with Crippen molar-refractivity contribution in [3.05, 3.63) is 29.5 Å². The molecule has 0 saturated heterocycles. The van der Waals surface area contributed by atoms with Crippen molar-refractivity contribution in [3.63, 3.8) is 0 Å². The fraction of sp³-hybridized carbons (Fsp3) is 0.357. The number of carbonyl (C=O) groups excluding carboxylic acids is 1. The van der Waals surface area contributed by atoms with Crippen LogP contribution < -0.4 is 0 Å². The van der Waals surface area contributed by atoms with Crippen LogP contribution >= 0.6 is 0 Å². The van der Waals surface area contributed by atoms with E-state index in [-0.39, 0.29) is 17.8 Å². The summed E-state index contributed by atoms with van der Waals surface area (Å²) in [6.07, 6.45) is 0.353. The molecule has 1 atom stereocenters. The normalized spacial score (nSPS) is 12.6. The van der Waals surface area contributed by atoms with Gasteiger partial charge in [0.05, 0.1) is 0 Å². The second-order valence-electron chi connectivity index (χ2n) is 4.41. The quantitative estimate of drug-likeness (QED) is 0.848. The van der Waals surface area contributed by atoms with Crippen LogP contribution in [0.15, 0.2) is 22.6 Å². The van der Waals surface area contributed by atoms with E-state index in [1.54, 1.807) is 12.1 Å². The van der Waals surface area contributed by atoms with Crippen LogP contribution in [-0.4, -0.2) is 17.2 Å². The van der Waals surface area contributed by atoms with Crippen LogP contribution in [0.1, 0.15) is 25.2 Å². The summed E-state index contributed by atoms with van der Waals surface area (Å²) < 4.78 is 10.7. The highest BCUT2D eigenvalue weighted by Gasteiger charge is 2.17. The Hall–Kier alpha value is -1.97. The van der Waals surface area contributed by atoms with Crippen LogP contribution in [0, 0.1) is 6.92 Å². The molecule has 0 fully saturated rings. The van der Waals surface area contributed by atoms with E-state index >= 15 is 0 Å². The lowest BCUT2D eigenvalue weighted by Crippen LogP contribution is -2.15. The van der Waals surface area contributed by atoms with E-state index in [2.05, 4.69) is 0 Å². The van der Waals surface area contributed by atoms with Crippen LogP contribution in [0.3, 0.4) is 0 Å². The van der Waals surface area contributed by atoms with Crippen LogP contribution in [0.5, 0.6) is 5.75 Å². The lowest BCUT2D eigenvalue weighted by atomic mass is 10.0. The predicted molar refractivity (Wildman–Crippen MR) is 67.5 cm³/mol. The maximum absolute atomic E-state index is 10.9. The summed E-state index contributed by atoms with van der Waals surface area (Å²) in [5, 5.41) is 10.6. The Kier molecular flexibility index (Phi) is 3.28. The van der Waals surface area contributed by atoms with Gasteiger partial charge in [-0.25, -0.2) is 0 Å². The number of carbonyl (C=O) groups is 1. The largest absolute Gasteiger partial charge is 0.504 e. The number of phenols is 1. The number of furan rings is 1. The molecule has 0 amide bonds. The Morgan fingerprint density at radius 2 is 2.22 bits per heavy atom. The molecule has 96 valence electrons. The molecular formula is C14H16O4. The first kappa shape index (κ1) is 12.5. The zero-order valence-corrected chi connectivity index (χ0v) is 10.7. The maximum atomic E-state index is 10.9. The first-order valence-electron chi connectivity index (χ1n) is 5.86. The number of ether oxygens (including phenoxy) is 1. The second-order valence-corrected chi connectivity index (χ2v) is 4.41. The van der Waals surface area contributed by atoms with Gasteiger partial charge in [-0.1, -0.05) is 12.1 Å². The fourth-order valence-corrected chi connectivity index (χ4v) is 2.14. The van der Waals surface area contributed by atoms with E-state index in [1.807, 2.05) is 19.9 Å². The number of aromatic hydroxyl groups is 1. The topological polar surface area (TPSA) is 59.7 Å². The van der Waals surface area contributed by atoms with Gasteiger partial charge in [0.1, 0.15) is 11.9 Å². The zero-order valence-electron chi connectivity index (χ0n) is 10.7. The third-order valence-electron chi connectivity index (χ3n) is 2.86. The third kappa shape index (κ3) is 2.32. The Balaban J connectivity index is 2.36. The van der Waals surface area contributed by atoms with Gasteiger partial charge in [0.2, 0.25) is 0 Å². The van der Waals surface area contributed by atoms with Crippen molar-refractivity contribution in [3.8, 4) is 5.75 Å². The SMILES string of the molecule is CC(=O)OC(C)Cc1c(C)oc2c(O)cccc12. The Labute approximate surface area is 105 Å². The molecule has 1 heterocycles. The molecule has 0 bridgehead atoms. The molecule has 4 nitrogen and oxygen atoms in total. The molecule has 0 radical (unpaired) electrons. The predicted octanol–water partition coefficient (Wildman–Crippen LogP) is 2.94. The van der Waals surface area contributed by atoms with Gasteiger partial charge in [-0.15, -0.1) is 0 Å². The highest BCUT2D eigenvalue weighted by molar-refractivity contribution is 5.87. The van der Waals surface area contributed by atoms with Crippen LogP contribution in [-0.2, 0) is 16.0 Å². The number of hydrogen-bond donors (Lipinski definition) is 1. The fourth-order valence-electron chi connectivity index (χ4n) is 2.14. The summed E-state index contributed by atoms with van der Waals surface area (Å²) in [6, 6.07) is 5.25. The van der Waals surface area contributed by atoms with Crippen molar-refractivity contribution in [2.75, 3.05) is 0 Å². The molecule has 0 saturated carbocycles. The van der Waals surface area contributed by atoms with Crippen molar-refractivity contribution in [2.24, 2.45) is 0 Å². The van der Waals surface area contributed by atoms with Crippen molar-refractivity contribution < 1.29 is 19.1 Å². The number of rotatable bonds is 3. The molecule has 4 heteroatoms. The number of fused-ring (bicyclic) bond motifs is 1. The van der Waals surface area contributed by atoms with Crippen molar-refractivity contribution in [2.45, 2.75) is 33.3 Å². The summed E-state index contributed by atoms with van der Waals surface area (Å²) in [5.41, 5.74) is 1.45. The number of hydrogen-bond acceptors (Lipinski definition) is 4. The highest BCUT2D eigenvalue weighted by Crippen LogP contribution is 2.32. The standard InChI is InChI=1S/C14H16O4/c1-8(17-10(3)15)7-12-9(2)18-14-11(12)5-4-6-13(14)16/h4-6,8,16H,7H2,1-3H3. The average Bonchev–Trinajstić information content (AvgIpc) is 2.57. The van der Waals surface area contributed by atoms with E-state index in [0.717, 1.165) is 16.7 Å². The van der Waals surface area contributed by atoms with E-state index in [0.29, 0.717) is 12.0 Å². The maximum Gasteiger partial charge on any atom is 0.302 e. The Morgan fingerprint density at radius 1 is 1.50 bits per heavy atom. The molecule has 1 N–H and O–H groups in total. The van der Waals surface area contributed by atoms with Gasteiger partial charge in [0.15, 0.2) is 11.3 Å². The smallest absolute Gasteiger partial charge is 0.302 e. The van der Waals surface area contributed by atoms with E-state index in [9.17, 15) is 9.90 Å². The number of benzene rings is 1. The summed E-state index contributed by atoms with van der Waals surface area (Å²) in [4.78, 5) is 10.9. The summed E-state index contributed by atoms with van der Waals surface area (Å²) in [7, 11) is 0. The number of phenolic OH excluding ortho intramolecular Hbond substituents is 1. The first-order chi connectivity index (χ1) is 8.49. The van der Waals surface area contributed by atoms with Gasteiger partial charge in [-0.05, 0) is 19.9 Å². The van der Waals surface area contributed by atoms with Gasteiger partial charge < -0.3 is 14.3 Å². The minimum atomic E-state index is -0.296. The highest BCUT2D eigenvalue weighted by atomic mass is 16.5. The van der Waals surface area contributed by atoms with Gasteiger partial charge in [0.25, 0.3) is 0 Å². The summed E-state index contributed by atoms with van der Waals surface area (Å²) in [6.45, 7) is 5.07. The van der Waals surface area contributed by atoms with Gasteiger partial charge in [0, 0.05) is 24.3 Å². The molecule has 1 aromatic carbocycles. The lowest BCUT2D eigenvalue weighted by Gasteiger charge is -2.11. The summed E-state index contributed by atoms with van der Waals surface area (Å²) >= 11 is 0. The molecule has 0 aliphatic heterocycles. The Morgan fingerprint density at radius 3 is 2.89 bits per heavy atom. The van der Waals surface area contributed by atoms with Crippen molar-refractivity contribution in [1.82, 2.24) is 0 Å². The minimum absolute atomic E-state index is 0.127. The number of esters is 1. The van der Waals surface area contributed by atoms with E-state index in [1.165, 1.54) is 6.92 Å². The monoisotopic (exact) mass is 248 g/mol. The molecule has 2 aromatic rings. The molecule has 1 aromatic heterocycles. The van der Waals surface area contributed by atoms with Crippen LogP contribution in [0.2, 0.25) is 0 Å². The molecular weight excluding hydrogens is 232 g/mol. The van der Waals surface area contributed by atoms with Crippen molar-refractivity contribution in [1.29, 1.82) is 0 Å². The summed E-state index contributed by atoms with van der Waals surface area (Å²) in [5.74, 6) is 0.572. The zero-order chi connectivity index (χ0) is 13.3. The molecule has 0 aliphatic rings. The van der Waals surface area contributed by atoms with Gasteiger partial charge >= 0.3 is 5.97 Å². The Bertz CT molecular complexity index is 583. The van der Waals surface area contributed by atoms with E-state index in [4.69, 9.17) is 9.15 Å². The van der Waals surface area contributed by atoms with Crippen LogP contribution in [0.4, 0.5) is 0 Å². The van der Waals surface area contributed by atoms with Gasteiger partial charge in [-0.3, -0.25) is 4.79 Å². The van der Waals surface area contributed by atoms with Gasteiger partial charge in [-0.2, -0.15) is 0 Å². The second kappa shape index (κ2) is 4.72.